The molecule has 0 spiro atoms. The minimum Gasteiger partial charge on any atom is -0.490 e. The molecule has 0 aromatic heterocycles. The summed E-state index contributed by atoms with van der Waals surface area (Å²) in [6, 6.07) is 11.3. The molecule has 1 saturated carbocycles. The third-order valence-corrected chi connectivity index (χ3v) is 7.85. The van der Waals surface area contributed by atoms with Crippen LogP contribution in [0, 0.1) is 11.7 Å². The van der Waals surface area contributed by atoms with Crippen LogP contribution in [0.15, 0.2) is 42.5 Å². The highest BCUT2D eigenvalue weighted by molar-refractivity contribution is 6.00. The number of hydrogen-bond donors (Lipinski definition) is 2. The highest BCUT2D eigenvalue weighted by Crippen LogP contribution is 2.33. The SMILES string of the molecule is CN1C(=O)c2cc(NC(=O)C3CCCC3)ccc2OC[C@@H]2O[C@@H](CC(=O)NCc3ccccc3F)CC[C@H]21. The van der Waals surface area contributed by atoms with Crippen LogP contribution in [0.25, 0.3) is 0 Å². The lowest BCUT2D eigenvalue weighted by Gasteiger charge is -2.42. The van der Waals surface area contributed by atoms with Crippen molar-refractivity contribution in [2.75, 3.05) is 19.0 Å². The first-order valence-electron chi connectivity index (χ1n) is 13.4. The van der Waals surface area contributed by atoms with Crippen molar-refractivity contribution in [1.29, 1.82) is 0 Å². The third kappa shape index (κ3) is 5.83. The van der Waals surface area contributed by atoms with Gasteiger partial charge in [0, 0.05) is 30.8 Å². The second-order valence-corrected chi connectivity index (χ2v) is 10.4. The van der Waals surface area contributed by atoms with Crippen LogP contribution in [-0.4, -0.2) is 54.5 Å². The molecule has 3 amide bonds. The Morgan fingerprint density at radius 2 is 1.87 bits per heavy atom. The van der Waals surface area contributed by atoms with E-state index in [1.54, 1.807) is 48.3 Å². The maximum atomic E-state index is 13.8. The van der Waals surface area contributed by atoms with Crippen molar-refractivity contribution in [3.8, 4) is 5.75 Å². The lowest BCUT2D eigenvalue weighted by molar-refractivity contribution is -0.134. The smallest absolute Gasteiger partial charge is 0.257 e. The van der Waals surface area contributed by atoms with E-state index in [0.29, 0.717) is 35.4 Å². The number of likely N-dealkylation sites (N-methyl/N-ethyl adjacent to an activating group) is 1. The van der Waals surface area contributed by atoms with E-state index in [2.05, 4.69) is 10.6 Å². The maximum Gasteiger partial charge on any atom is 0.257 e. The summed E-state index contributed by atoms with van der Waals surface area (Å²) in [7, 11) is 1.75. The van der Waals surface area contributed by atoms with Gasteiger partial charge < -0.3 is 25.0 Å². The van der Waals surface area contributed by atoms with Gasteiger partial charge >= 0.3 is 0 Å². The van der Waals surface area contributed by atoms with Crippen LogP contribution in [0.2, 0.25) is 0 Å². The molecule has 2 aromatic rings. The topological polar surface area (TPSA) is 97.0 Å². The Hall–Kier alpha value is -3.46. The van der Waals surface area contributed by atoms with Crippen molar-refractivity contribution < 1.29 is 28.2 Å². The quantitative estimate of drug-likeness (QED) is 0.596. The number of ether oxygens (including phenoxy) is 2. The number of carbonyl (C=O) groups excluding carboxylic acids is 3. The average molecular weight is 524 g/mol. The minimum atomic E-state index is -0.392. The molecule has 2 aliphatic heterocycles. The first-order valence-corrected chi connectivity index (χ1v) is 13.4. The first kappa shape index (κ1) is 26.2. The fourth-order valence-electron chi connectivity index (χ4n) is 5.65. The second kappa shape index (κ2) is 11.5. The fraction of sp³-hybridized carbons (Fsp3) is 0.483. The predicted molar refractivity (Wildman–Crippen MR) is 139 cm³/mol. The van der Waals surface area contributed by atoms with Gasteiger partial charge in [0.05, 0.1) is 24.1 Å². The number of halogens is 1. The lowest BCUT2D eigenvalue weighted by Crippen LogP contribution is -2.53. The molecular formula is C29H34FN3O5. The van der Waals surface area contributed by atoms with Crippen molar-refractivity contribution >= 4 is 23.4 Å². The summed E-state index contributed by atoms with van der Waals surface area (Å²) >= 11 is 0. The van der Waals surface area contributed by atoms with Gasteiger partial charge in [0.15, 0.2) is 0 Å². The number of anilines is 1. The Labute approximate surface area is 221 Å². The third-order valence-electron chi connectivity index (χ3n) is 7.85. The summed E-state index contributed by atoms with van der Waals surface area (Å²) in [5, 5.41) is 5.72. The summed E-state index contributed by atoms with van der Waals surface area (Å²) in [4.78, 5) is 40.2. The van der Waals surface area contributed by atoms with E-state index in [-0.39, 0.29) is 61.2 Å². The number of benzene rings is 2. The molecule has 2 heterocycles. The van der Waals surface area contributed by atoms with Crippen LogP contribution in [0.4, 0.5) is 10.1 Å². The number of nitrogens with zero attached hydrogens (tertiary/aromatic N) is 1. The maximum absolute atomic E-state index is 13.8. The van der Waals surface area contributed by atoms with E-state index in [9.17, 15) is 18.8 Å². The standard InChI is InChI=1S/C29H34FN3O5/c1-33-24-12-11-21(15-27(34)31-16-19-8-4-5-9-23(19)30)38-26(24)17-37-25-13-10-20(14-22(25)29(33)36)32-28(35)18-6-2-3-7-18/h4-5,8-10,13-14,18,21,24,26H,2-3,6-7,11-12,15-17H2,1H3,(H,31,34)(H,32,35)/t21-,24-,26+/m1/s1. The van der Waals surface area contributed by atoms with Crippen molar-refractivity contribution in [2.45, 2.75) is 69.7 Å². The predicted octanol–water partition coefficient (Wildman–Crippen LogP) is 4.04. The molecule has 202 valence electrons. The van der Waals surface area contributed by atoms with Crippen LogP contribution in [-0.2, 0) is 20.9 Å². The molecule has 5 rings (SSSR count). The van der Waals surface area contributed by atoms with Crippen molar-refractivity contribution in [3.63, 3.8) is 0 Å². The zero-order valence-corrected chi connectivity index (χ0v) is 21.6. The van der Waals surface area contributed by atoms with Gasteiger partial charge in [-0.05, 0) is 49.9 Å². The van der Waals surface area contributed by atoms with Gasteiger partial charge in [-0.2, -0.15) is 0 Å². The normalized spacial score (nSPS) is 23.5. The summed E-state index contributed by atoms with van der Waals surface area (Å²) in [6.45, 7) is 0.348. The molecule has 2 fully saturated rings. The van der Waals surface area contributed by atoms with Gasteiger partial charge in [-0.1, -0.05) is 31.0 Å². The Balaban J connectivity index is 1.20. The Kier molecular flexibility index (Phi) is 7.93. The summed E-state index contributed by atoms with van der Waals surface area (Å²) in [5.41, 5.74) is 1.42. The number of fused-ring (bicyclic) bond motifs is 2. The molecule has 38 heavy (non-hydrogen) atoms. The summed E-state index contributed by atoms with van der Waals surface area (Å²) < 4.78 is 26.1. The minimum absolute atomic E-state index is 0.000238. The molecule has 8 nitrogen and oxygen atoms in total. The summed E-state index contributed by atoms with van der Waals surface area (Å²) in [5.74, 6) is -0.303. The van der Waals surface area contributed by atoms with Gasteiger partial charge in [0.2, 0.25) is 11.8 Å². The van der Waals surface area contributed by atoms with Crippen LogP contribution < -0.4 is 15.4 Å². The van der Waals surface area contributed by atoms with Crippen LogP contribution in [0.5, 0.6) is 5.75 Å². The Morgan fingerprint density at radius 1 is 1.08 bits per heavy atom. The highest BCUT2D eigenvalue weighted by atomic mass is 19.1. The second-order valence-electron chi connectivity index (χ2n) is 10.4. The molecule has 3 atom stereocenters. The van der Waals surface area contributed by atoms with E-state index in [4.69, 9.17) is 9.47 Å². The highest BCUT2D eigenvalue weighted by Gasteiger charge is 2.39. The van der Waals surface area contributed by atoms with Crippen molar-refractivity contribution in [1.82, 2.24) is 10.2 Å². The molecule has 0 radical (unpaired) electrons. The van der Waals surface area contributed by atoms with E-state index in [1.807, 2.05) is 0 Å². The zero-order valence-electron chi connectivity index (χ0n) is 21.6. The number of hydrogen-bond acceptors (Lipinski definition) is 5. The van der Waals surface area contributed by atoms with Gasteiger partial charge in [-0.25, -0.2) is 4.39 Å². The molecular weight excluding hydrogens is 489 g/mol. The van der Waals surface area contributed by atoms with Gasteiger partial charge in [-0.15, -0.1) is 0 Å². The first-order chi connectivity index (χ1) is 18.4. The van der Waals surface area contributed by atoms with Crippen LogP contribution >= 0.6 is 0 Å². The van der Waals surface area contributed by atoms with E-state index >= 15 is 0 Å². The molecule has 9 heteroatoms. The molecule has 0 bridgehead atoms. The van der Waals surface area contributed by atoms with Crippen LogP contribution in [0.1, 0.15) is 60.9 Å². The van der Waals surface area contributed by atoms with E-state index in [0.717, 1.165) is 25.7 Å². The molecule has 1 saturated heterocycles. The largest absolute Gasteiger partial charge is 0.490 e. The monoisotopic (exact) mass is 523 g/mol. The number of nitrogens with one attached hydrogen (secondary N) is 2. The van der Waals surface area contributed by atoms with E-state index in [1.165, 1.54) is 6.07 Å². The Bertz CT molecular complexity index is 1200. The molecule has 2 N–H and O–H groups in total. The van der Waals surface area contributed by atoms with Gasteiger partial charge in [0.25, 0.3) is 5.91 Å². The summed E-state index contributed by atoms with van der Waals surface area (Å²) in [6.07, 6.45) is 4.65. The van der Waals surface area contributed by atoms with Gasteiger partial charge in [-0.3, -0.25) is 14.4 Å². The number of carbonyl (C=O) groups is 3. The van der Waals surface area contributed by atoms with Crippen molar-refractivity contribution in [3.05, 3.63) is 59.4 Å². The molecule has 0 unspecified atom stereocenters. The number of rotatable bonds is 6. The molecule has 2 aromatic carbocycles. The fourth-order valence-corrected chi connectivity index (χ4v) is 5.65. The number of amides is 3. The van der Waals surface area contributed by atoms with Crippen LogP contribution in [0.3, 0.4) is 0 Å². The molecule has 1 aliphatic carbocycles. The van der Waals surface area contributed by atoms with E-state index < -0.39 is 6.10 Å². The van der Waals surface area contributed by atoms with Crippen molar-refractivity contribution in [2.24, 2.45) is 5.92 Å². The Morgan fingerprint density at radius 3 is 2.66 bits per heavy atom. The molecule has 3 aliphatic rings. The average Bonchev–Trinajstić information content (AvgIpc) is 3.46. The zero-order chi connectivity index (χ0) is 26.6. The van der Waals surface area contributed by atoms with Gasteiger partial charge in [0.1, 0.15) is 24.3 Å². The lowest BCUT2D eigenvalue weighted by atomic mass is 9.94.